The minimum Gasteiger partial charge on any atom is -0.381 e. The number of imidazole rings is 1. The predicted molar refractivity (Wildman–Crippen MR) is 135 cm³/mol. The molecule has 0 radical (unpaired) electrons. The van der Waals surface area contributed by atoms with Crippen LogP contribution in [-0.2, 0) is 26.7 Å². The van der Waals surface area contributed by atoms with Crippen LogP contribution in [0.4, 0.5) is 5.69 Å². The van der Waals surface area contributed by atoms with E-state index in [0.717, 1.165) is 49.5 Å². The van der Waals surface area contributed by atoms with E-state index in [-0.39, 0.29) is 15.5 Å². The number of halogens is 2. The van der Waals surface area contributed by atoms with E-state index in [1.165, 1.54) is 23.6 Å². The van der Waals surface area contributed by atoms with Gasteiger partial charge in [0.1, 0.15) is 15.9 Å². The van der Waals surface area contributed by atoms with Crippen molar-refractivity contribution in [2.24, 2.45) is 5.92 Å². The summed E-state index contributed by atoms with van der Waals surface area (Å²) >= 11 is 9.18. The largest absolute Gasteiger partial charge is 0.381 e. The Hall–Kier alpha value is -1.68. The lowest BCUT2D eigenvalue weighted by molar-refractivity contribution is 0.0611. The van der Waals surface area contributed by atoms with Gasteiger partial charge in [-0.15, -0.1) is 0 Å². The zero-order valence-corrected chi connectivity index (χ0v) is 22.3. The van der Waals surface area contributed by atoms with Crippen molar-refractivity contribution >= 4 is 54.3 Å². The van der Waals surface area contributed by atoms with Gasteiger partial charge < -0.3 is 9.30 Å². The highest BCUT2D eigenvalue weighted by molar-refractivity contribution is 9.10. The van der Waals surface area contributed by atoms with Crippen LogP contribution >= 0.6 is 27.5 Å². The van der Waals surface area contributed by atoms with Gasteiger partial charge in [0, 0.05) is 38.4 Å². The SMILES string of the molecule is CN(c1ccc2c(c1)nc(C(C)(C)C)n2CC1CCOCC1)S(=O)(=O)c1cnc(Cl)c(Br)c1. The number of pyridine rings is 1. The van der Waals surface area contributed by atoms with E-state index in [0.29, 0.717) is 16.1 Å². The molecule has 0 aliphatic carbocycles. The van der Waals surface area contributed by atoms with Crippen LogP contribution in [0.2, 0.25) is 5.15 Å². The maximum atomic E-state index is 13.2. The normalized spacial score (nSPS) is 15.8. The number of nitrogens with zero attached hydrogens (tertiary/aromatic N) is 4. The molecule has 1 aliphatic rings. The highest BCUT2D eigenvalue weighted by Crippen LogP contribution is 2.32. The Kier molecular flexibility index (Phi) is 6.79. The number of hydrogen-bond acceptors (Lipinski definition) is 5. The van der Waals surface area contributed by atoms with Crippen LogP contribution < -0.4 is 4.31 Å². The van der Waals surface area contributed by atoms with Gasteiger partial charge >= 0.3 is 0 Å². The minimum atomic E-state index is -3.82. The number of ether oxygens (including phenoxy) is 1. The summed E-state index contributed by atoms with van der Waals surface area (Å²) in [7, 11) is -2.29. The van der Waals surface area contributed by atoms with Crippen molar-refractivity contribution < 1.29 is 13.2 Å². The van der Waals surface area contributed by atoms with Gasteiger partial charge in [-0.3, -0.25) is 4.31 Å². The van der Waals surface area contributed by atoms with Crippen LogP contribution in [0, 0.1) is 5.92 Å². The number of hydrogen-bond donors (Lipinski definition) is 0. The molecule has 4 rings (SSSR count). The van der Waals surface area contributed by atoms with E-state index in [1.54, 1.807) is 0 Å². The Morgan fingerprint density at radius 1 is 1.24 bits per heavy atom. The van der Waals surface area contributed by atoms with Gasteiger partial charge in [-0.2, -0.15) is 0 Å². The summed E-state index contributed by atoms with van der Waals surface area (Å²) in [6.45, 7) is 8.92. The van der Waals surface area contributed by atoms with Crippen molar-refractivity contribution in [3.8, 4) is 0 Å². The van der Waals surface area contributed by atoms with Crippen molar-refractivity contribution in [2.75, 3.05) is 24.6 Å². The highest BCUT2D eigenvalue weighted by atomic mass is 79.9. The molecule has 7 nitrogen and oxygen atoms in total. The standard InChI is InChI=1S/C23H28BrClN4O3S/c1-23(2,3)22-27-19-11-16(5-6-20(19)29(22)14-15-7-9-32-10-8-15)28(4)33(30,31)17-12-18(24)21(25)26-13-17/h5-6,11-13,15H,7-10,14H2,1-4H3. The number of benzene rings is 1. The van der Waals surface area contributed by atoms with Crippen LogP contribution in [0.15, 0.2) is 39.8 Å². The zero-order chi connectivity index (χ0) is 24.0. The molecular weight excluding hydrogens is 528 g/mol. The maximum Gasteiger partial charge on any atom is 0.265 e. The Morgan fingerprint density at radius 2 is 1.94 bits per heavy atom. The summed E-state index contributed by atoms with van der Waals surface area (Å²) in [5.41, 5.74) is 2.17. The van der Waals surface area contributed by atoms with E-state index in [9.17, 15) is 8.42 Å². The van der Waals surface area contributed by atoms with Gasteiger partial charge in [0.05, 0.1) is 21.2 Å². The fourth-order valence-corrected chi connectivity index (χ4v) is 5.86. The monoisotopic (exact) mass is 554 g/mol. The molecule has 0 bridgehead atoms. The van der Waals surface area contributed by atoms with Crippen LogP contribution in [-0.4, -0.2) is 43.2 Å². The molecule has 0 unspecified atom stereocenters. The van der Waals surface area contributed by atoms with Crippen LogP contribution in [0.1, 0.15) is 39.4 Å². The molecule has 1 fully saturated rings. The fraction of sp³-hybridized carbons (Fsp3) is 0.478. The van der Waals surface area contributed by atoms with Crippen molar-refractivity contribution in [1.29, 1.82) is 0 Å². The van der Waals surface area contributed by atoms with E-state index < -0.39 is 10.0 Å². The van der Waals surface area contributed by atoms with Crippen LogP contribution in [0.5, 0.6) is 0 Å². The molecule has 1 aliphatic heterocycles. The highest BCUT2D eigenvalue weighted by Gasteiger charge is 2.27. The first-order chi connectivity index (χ1) is 15.5. The molecule has 0 atom stereocenters. The molecule has 2 aromatic heterocycles. The molecule has 0 saturated carbocycles. The second-order valence-corrected chi connectivity index (χ2v) is 12.6. The van der Waals surface area contributed by atoms with Crippen molar-refractivity contribution in [2.45, 2.75) is 50.5 Å². The third-order valence-corrected chi connectivity index (χ3v) is 8.86. The summed E-state index contributed by atoms with van der Waals surface area (Å²) in [4.78, 5) is 8.96. The third kappa shape index (κ3) is 4.92. The van der Waals surface area contributed by atoms with E-state index in [4.69, 9.17) is 21.3 Å². The quantitative estimate of drug-likeness (QED) is 0.394. The Morgan fingerprint density at radius 3 is 2.58 bits per heavy atom. The first-order valence-corrected chi connectivity index (χ1v) is 13.5. The molecule has 33 heavy (non-hydrogen) atoms. The topological polar surface area (TPSA) is 77.3 Å². The second kappa shape index (κ2) is 9.17. The van der Waals surface area contributed by atoms with Crippen LogP contribution in [0.25, 0.3) is 11.0 Å². The van der Waals surface area contributed by atoms with Crippen molar-refractivity contribution in [1.82, 2.24) is 14.5 Å². The molecule has 3 heterocycles. The van der Waals surface area contributed by atoms with Gasteiger partial charge in [-0.25, -0.2) is 18.4 Å². The summed E-state index contributed by atoms with van der Waals surface area (Å²) in [5.74, 6) is 1.54. The average molecular weight is 556 g/mol. The zero-order valence-electron chi connectivity index (χ0n) is 19.2. The lowest BCUT2D eigenvalue weighted by Gasteiger charge is -2.26. The van der Waals surface area contributed by atoms with E-state index in [1.807, 2.05) is 18.2 Å². The van der Waals surface area contributed by atoms with Gasteiger partial charge in [0.15, 0.2) is 0 Å². The Bertz CT molecular complexity index is 1280. The molecule has 0 amide bonds. The summed E-state index contributed by atoms with van der Waals surface area (Å²) in [6.07, 6.45) is 3.33. The van der Waals surface area contributed by atoms with E-state index >= 15 is 0 Å². The van der Waals surface area contributed by atoms with Crippen molar-refractivity contribution in [3.63, 3.8) is 0 Å². The molecule has 3 aromatic rings. The number of anilines is 1. The molecule has 1 saturated heterocycles. The Balaban J connectivity index is 1.73. The predicted octanol–water partition coefficient (Wildman–Crippen LogP) is 5.40. The molecule has 10 heteroatoms. The van der Waals surface area contributed by atoms with Crippen molar-refractivity contribution in [3.05, 3.63) is 45.9 Å². The number of rotatable bonds is 5. The molecule has 0 spiro atoms. The lowest BCUT2D eigenvalue weighted by atomic mass is 9.94. The summed E-state index contributed by atoms with van der Waals surface area (Å²) in [6, 6.07) is 7.09. The summed E-state index contributed by atoms with van der Waals surface area (Å²) in [5, 5.41) is 0.211. The summed E-state index contributed by atoms with van der Waals surface area (Å²) < 4.78 is 35.9. The second-order valence-electron chi connectivity index (χ2n) is 9.44. The average Bonchev–Trinajstić information content (AvgIpc) is 3.14. The minimum absolute atomic E-state index is 0.0572. The molecule has 1 aromatic carbocycles. The number of fused-ring (bicyclic) bond motifs is 1. The lowest BCUT2D eigenvalue weighted by Crippen LogP contribution is -2.26. The molecular formula is C23H28BrClN4O3S. The number of aromatic nitrogens is 3. The van der Waals surface area contributed by atoms with E-state index in [2.05, 4.69) is 46.3 Å². The van der Waals surface area contributed by atoms with Gasteiger partial charge in [-0.1, -0.05) is 32.4 Å². The van der Waals surface area contributed by atoms with Gasteiger partial charge in [-0.05, 0) is 59.0 Å². The fourth-order valence-electron chi connectivity index (χ4n) is 4.10. The first-order valence-electron chi connectivity index (χ1n) is 10.9. The van der Waals surface area contributed by atoms with Gasteiger partial charge in [0.25, 0.3) is 10.0 Å². The smallest absolute Gasteiger partial charge is 0.265 e. The molecule has 0 N–H and O–H groups in total. The number of sulfonamides is 1. The third-order valence-electron chi connectivity index (χ3n) is 5.98. The Labute approximate surface area is 208 Å². The maximum absolute atomic E-state index is 13.2. The van der Waals surface area contributed by atoms with Gasteiger partial charge in [0.2, 0.25) is 0 Å². The molecule has 178 valence electrons. The van der Waals surface area contributed by atoms with Crippen LogP contribution in [0.3, 0.4) is 0 Å². The first kappa shape index (κ1) is 24.4.